The molecule has 1 unspecified atom stereocenters. The largest absolute Gasteiger partial charge is 0.501 e. The van der Waals surface area contributed by atoms with Gasteiger partial charge < -0.3 is 9.40 Å². The van der Waals surface area contributed by atoms with Crippen LogP contribution in [0.5, 0.6) is 0 Å². The van der Waals surface area contributed by atoms with Gasteiger partial charge in [-0.05, 0) is 42.5 Å². The second kappa shape index (κ2) is 18.3. The van der Waals surface area contributed by atoms with Gasteiger partial charge in [-0.15, -0.1) is 18.2 Å². The Morgan fingerprint density at radius 1 is 0.759 bits per heavy atom. The molecule has 5 heteroatoms. The molecule has 0 saturated heterocycles. The number of nitrogens with zero attached hydrogens (tertiary/aromatic N) is 2. The van der Waals surface area contributed by atoms with Crippen molar-refractivity contribution < 1.29 is 24.5 Å². The predicted molar refractivity (Wildman–Crippen MR) is 227 cm³/mol. The van der Waals surface area contributed by atoms with Gasteiger partial charge in [0, 0.05) is 31.7 Å². The van der Waals surface area contributed by atoms with Gasteiger partial charge in [0.05, 0.1) is 5.58 Å². The zero-order chi connectivity index (χ0) is 37.0. The summed E-state index contributed by atoms with van der Waals surface area (Å²) >= 11 is -1.91. The summed E-state index contributed by atoms with van der Waals surface area (Å²) in [4.78, 5) is 9.55. The normalized spacial score (nSPS) is 16.2. The standard InChI is InChI=1S/C25H24NO.C24H34GeN.Ir/c1-17(18-8-3-2-4-9-18)19-14-15-26-23(16-19)22-12-7-11-21-20-10-5-6-13-24(20)27-25(21)22;1-18(2)14-22-16-24(26-17-23(22)25(3,4)5)21-13-9-12-20(15-21)19-10-7-6-8-11-19;/h5-7,10-11,13-18H,2-4,8-9H2,1H3;9,12,15-19H,6-8,10-11,14H2,1-5H3;/q2*-1;. The minimum absolute atomic E-state index is 0. The number of rotatable bonds is 8. The molecule has 8 rings (SSSR count). The van der Waals surface area contributed by atoms with E-state index in [0.717, 1.165) is 57.1 Å². The van der Waals surface area contributed by atoms with E-state index in [2.05, 4.69) is 116 Å². The fourth-order valence-corrected chi connectivity index (χ4v) is 12.2. The molecule has 2 saturated carbocycles. The second-order valence-corrected chi connectivity index (χ2v) is 27.9. The van der Waals surface area contributed by atoms with Gasteiger partial charge in [-0.25, -0.2) is 0 Å². The van der Waals surface area contributed by atoms with Crippen molar-refractivity contribution in [1.29, 1.82) is 0 Å². The first-order chi connectivity index (χ1) is 25.7. The summed E-state index contributed by atoms with van der Waals surface area (Å²) in [6, 6.07) is 32.6. The third-order valence-corrected chi connectivity index (χ3v) is 16.2. The topological polar surface area (TPSA) is 38.9 Å². The zero-order valence-corrected chi connectivity index (χ0v) is 37.8. The van der Waals surface area contributed by atoms with Crippen LogP contribution in [0.2, 0.25) is 17.3 Å². The third-order valence-electron chi connectivity index (χ3n) is 11.9. The molecule has 2 fully saturated rings. The molecule has 3 heterocycles. The van der Waals surface area contributed by atoms with E-state index >= 15 is 0 Å². The van der Waals surface area contributed by atoms with Crippen molar-refractivity contribution in [2.75, 3.05) is 0 Å². The predicted octanol–water partition coefficient (Wildman–Crippen LogP) is 13.5. The molecule has 0 N–H and O–H groups in total. The molecule has 0 spiro atoms. The van der Waals surface area contributed by atoms with E-state index in [0.29, 0.717) is 11.8 Å². The quantitative estimate of drug-likeness (QED) is 0.113. The SMILES string of the molecule is CC(C)Cc1cc(-c2[c-]ccc(C3CCCCC3)c2)nc[c]1[Ge]([CH3])([CH3])[CH3].CC(c1ccnc(-c2[c-]ccc3c2oc2ccccc23)c1)C1CCCCC1.[Ir]. The van der Waals surface area contributed by atoms with Crippen molar-refractivity contribution in [3.8, 4) is 22.5 Å². The van der Waals surface area contributed by atoms with Gasteiger partial charge in [0.2, 0.25) is 0 Å². The summed E-state index contributed by atoms with van der Waals surface area (Å²) in [5.41, 5.74) is 10.4. The molecular weight excluding hydrogens is 897 g/mol. The Bertz CT molecular complexity index is 2130. The van der Waals surface area contributed by atoms with Crippen molar-refractivity contribution in [3.63, 3.8) is 0 Å². The van der Waals surface area contributed by atoms with Crippen LogP contribution in [0.15, 0.2) is 89.6 Å². The van der Waals surface area contributed by atoms with E-state index in [-0.39, 0.29) is 20.1 Å². The molecule has 0 bridgehead atoms. The summed E-state index contributed by atoms with van der Waals surface area (Å²) < 4.78 is 7.74. The van der Waals surface area contributed by atoms with Gasteiger partial charge in [0.1, 0.15) is 5.58 Å². The van der Waals surface area contributed by atoms with Crippen molar-refractivity contribution in [3.05, 3.63) is 114 Å². The molecule has 1 atom stereocenters. The Kier molecular flexibility index (Phi) is 13.7. The molecule has 1 radical (unpaired) electrons. The molecule has 0 amide bonds. The number of furan rings is 1. The minimum atomic E-state index is -1.91. The number of para-hydroxylation sites is 1. The van der Waals surface area contributed by atoms with Gasteiger partial charge in [-0.3, -0.25) is 0 Å². The molecule has 3 aromatic heterocycles. The molecule has 2 aliphatic carbocycles. The van der Waals surface area contributed by atoms with Crippen molar-refractivity contribution in [2.45, 2.75) is 121 Å². The maximum atomic E-state index is 6.18. The Morgan fingerprint density at radius 2 is 1.48 bits per heavy atom. The van der Waals surface area contributed by atoms with E-state index in [1.807, 2.05) is 24.4 Å². The first-order valence-corrected chi connectivity index (χ1v) is 27.8. The van der Waals surface area contributed by atoms with Gasteiger partial charge in [-0.2, -0.15) is 0 Å². The van der Waals surface area contributed by atoms with Crippen molar-refractivity contribution in [1.82, 2.24) is 9.97 Å². The first-order valence-electron chi connectivity index (χ1n) is 20.5. The number of pyridine rings is 2. The van der Waals surface area contributed by atoms with Crippen LogP contribution < -0.4 is 4.40 Å². The molecular formula is C49H58GeIrN2O-2. The monoisotopic (exact) mass is 957 g/mol. The molecule has 2 aliphatic rings. The molecule has 54 heavy (non-hydrogen) atoms. The third kappa shape index (κ3) is 9.48. The molecule has 0 aliphatic heterocycles. The fourth-order valence-electron chi connectivity index (χ4n) is 8.90. The van der Waals surface area contributed by atoms with E-state index in [1.165, 1.54) is 86.5 Å². The summed E-state index contributed by atoms with van der Waals surface area (Å²) in [6.45, 7) is 7.01. The van der Waals surface area contributed by atoms with Crippen LogP contribution in [-0.4, -0.2) is 23.2 Å². The summed E-state index contributed by atoms with van der Waals surface area (Å²) in [7, 11) is 0. The zero-order valence-electron chi connectivity index (χ0n) is 33.3. The summed E-state index contributed by atoms with van der Waals surface area (Å²) in [5.74, 6) is 10.2. The van der Waals surface area contributed by atoms with Crippen LogP contribution in [0.3, 0.4) is 0 Å². The van der Waals surface area contributed by atoms with Crippen molar-refractivity contribution in [2.24, 2.45) is 11.8 Å². The smallest absolute Gasteiger partial charge is 0.120 e. The number of hydrogen-bond donors (Lipinski definition) is 0. The van der Waals surface area contributed by atoms with Crippen LogP contribution in [0.4, 0.5) is 0 Å². The van der Waals surface area contributed by atoms with E-state index in [1.54, 1.807) is 4.40 Å². The summed E-state index contributed by atoms with van der Waals surface area (Å²) in [6.07, 6.45) is 19.0. The second-order valence-electron chi connectivity index (χ2n) is 17.3. The van der Waals surface area contributed by atoms with Gasteiger partial charge in [0.15, 0.2) is 0 Å². The molecule has 285 valence electrons. The Morgan fingerprint density at radius 3 is 2.22 bits per heavy atom. The van der Waals surface area contributed by atoms with Gasteiger partial charge in [-0.1, -0.05) is 67.0 Å². The Hall–Kier alpha value is -3.05. The van der Waals surface area contributed by atoms with Crippen LogP contribution in [-0.2, 0) is 26.5 Å². The van der Waals surface area contributed by atoms with Crippen LogP contribution >= 0.6 is 0 Å². The Labute approximate surface area is 340 Å². The minimum Gasteiger partial charge on any atom is -0.501 e. The molecule has 3 nitrogen and oxygen atoms in total. The Balaban J connectivity index is 0.000000181. The average Bonchev–Trinajstić information content (AvgIpc) is 3.57. The maximum absolute atomic E-state index is 6.18. The molecule has 3 aromatic carbocycles. The number of aromatic nitrogens is 2. The van der Waals surface area contributed by atoms with E-state index < -0.39 is 13.3 Å². The average molecular weight is 956 g/mol. The van der Waals surface area contributed by atoms with Gasteiger partial charge >= 0.3 is 163 Å². The van der Waals surface area contributed by atoms with Crippen LogP contribution in [0, 0.1) is 24.0 Å². The van der Waals surface area contributed by atoms with Crippen molar-refractivity contribution >= 4 is 39.6 Å². The van der Waals surface area contributed by atoms with Gasteiger partial charge in [0.25, 0.3) is 0 Å². The fraction of sp³-hybridized carbons (Fsp3) is 0.429. The first kappa shape index (κ1) is 40.6. The van der Waals surface area contributed by atoms with E-state index in [4.69, 9.17) is 9.40 Å². The van der Waals surface area contributed by atoms with Crippen LogP contribution in [0.1, 0.15) is 114 Å². The summed E-state index contributed by atoms with van der Waals surface area (Å²) in [5, 5.41) is 2.28. The van der Waals surface area contributed by atoms with E-state index in [9.17, 15) is 0 Å². The van der Waals surface area contributed by atoms with Crippen LogP contribution in [0.25, 0.3) is 44.5 Å². The number of benzene rings is 3. The number of hydrogen-bond acceptors (Lipinski definition) is 3. The maximum Gasteiger partial charge on any atom is 0.120 e. The number of fused-ring (bicyclic) bond motifs is 3. The molecule has 6 aromatic rings.